The topological polar surface area (TPSA) is 534 Å². The first-order chi connectivity index (χ1) is 39.7. The molecule has 83 heavy (non-hydrogen) atoms. The normalized spacial score (nSPS) is 52.2. The van der Waals surface area contributed by atoms with Gasteiger partial charge in [-0.25, -0.2) is 0 Å². The number of rotatable bonds is 9. The smallest absolute Gasteiger partial charge is 0.394 e. The Hall–Kier alpha value is -1.35. The second-order valence-electron chi connectivity index (χ2n) is 21.1. The van der Waals surface area contributed by atoms with Crippen molar-refractivity contribution >= 4 is 24.5 Å². The zero-order valence-corrected chi connectivity index (χ0v) is 45.9. The fraction of sp³-hybridized carbons (Fsp3) is 0.875. The molecule has 0 aliphatic carbocycles. The van der Waals surface area contributed by atoms with Crippen molar-refractivity contribution in [2.45, 2.75) is 219 Å². The van der Waals surface area contributed by atoms with E-state index in [2.05, 4.69) is 0 Å². The Labute approximate surface area is 480 Å². The van der Waals surface area contributed by atoms with Crippen LogP contribution in [0.25, 0.3) is 0 Å². The molecular weight excluding hydrogens is 1250 g/mol. The molecular formula is C48H74O34Te. The molecule has 1 aromatic carbocycles. The molecule has 1 aromatic rings. The molecule has 21 aliphatic heterocycles. The Bertz CT molecular complexity index is 2140. The van der Waals surface area contributed by atoms with Gasteiger partial charge in [-0.3, -0.25) is 0 Å². The zero-order chi connectivity index (χ0) is 59.9. The summed E-state index contributed by atoms with van der Waals surface area (Å²) in [5.41, 5.74) is 0. The number of aliphatic hydroxyl groups is 20. The molecule has 34 nitrogen and oxygen atoms in total. The Morgan fingerprint density at radius 3 is 0.614 bits per heavy atom. The van der Waals surface area contributed by atoms with Gasteiger partial charge >= 0.3 is 291 Å². The minimum absolute atomic E-state index is 0.0733. The summed E-state index contributed by atoms with van der Waals surface area (Å²) >= 11 is -1.28. The van der Waals surface area contributed by atoms with E-state index in [0.29, 0.717) is 0 Å². The number of aliphatic hydroxyl groups excluding tert-OH is 20. The van der Waals surface area contributed by atoms with Gasteiger partial charge in [0.1, 0.15) is 61.0 Å². The molecule has 0 radical (unpaired) electrons. The average Bonchev–Trinajstić information content (AvgIpc) is 3.65. The monoisotopic (exact) mass is 1320 g/mol. The molecule has 21 saturated heterocycles. The molecule has 21 aliphatic rings. The van der Waals surface area contributed by atoms with E-state index in [1.807, 2.05) is 12.1 Å². The second-order valence-corrected chi connectivity index (χ2v) is 24.2. The van der Waals surface area contributed by atoms with Gasteiger partial charge in [-0.15, -0.1) is 0 Å². The van der Waals surface area contributed by atoms with E-state index >= 15 is 0 Å². The minimum Gasteiger partial charge on any atom is -0.394 e. The van der Waals surface area contributed by atoms with Crippen LogP contribution in [-0.4, -0.2) is 378 Å². The number of hydrogen-bond donors (Lipinski definition) is 20. The number of benzene rings is 1. The van der Waals surface area contributed by atoms with Crippen LogP contribution >= 0.6 is 0 Å². The first kappa shape index (κ1) is 66.1. The van der Waals surface area contributed by atoms with Crippen molar-refractivity contribution in [2.75, 3.05) is 39.6 Å². The van der Waals surface area contributed by atoms with Crippen molar-refractivity contribution in [1.82, 2.24) is 0 Å². The second kappa shape index (κ2) is 28.6. The summed E-state index contributed by atoms with van der Waals surface area (Å²) in [5.74, 6) is 0. The Kier molecular flexibility index (Phi) is 22.8. The summed E-state index contributed by atoms with van der Waals surface area (Å²) in [7, 11) is 0. The summed E-state index contributed by atoms with van der Waals surface area (Å²) < 4.78 is 82.5. The van der Waals surface area contributed by atoms with Gasteiger partial charge in [0.05, 0.1) is 26.4 Å². The average molecular weight is 1320 g/mol. The van der Waals surface area contributed by atoms with Crippen LogP contribution in [0.15, 0.2) is 30.3 Å². The fourth-order valence-electron chi connectivity index (χ4n) is 11.1. The van der Waals surface area contributed by atoms with Gasteiger partial charge in [0.25, 0.3) is 0 Å². The first-order valence-corrected chi connectivity index (χ1v) is 29.5. The Balaban J connectivity index is 1.01. The standard InChI is InChI=1S/C48H74O34Te/c49-6-14-35-22(56)29(63)43(70-14)78-37-16(8-51)72-45(31(65)24(37)58)80-39-18(10-53)74-47(33(67)26(39)60)82-41-20(12-83-13-4-2-1-3-5-13)75-48(34(68)27(41)61)81-40-19(11-54)73-46(32(66)25(40)59)79-38-17(9-52)71-44(30(64)23(38)57)77-36-15(7-50)69-42(76-35)28(62)21(36)55/h1-5,14-68H,6-12H2/t14-,15-,16-,17-,18-,19-,20-,21-,22-,23-,24-,25-,26-,27-,28-,29-,30-,31-,32-,33-,34-,35-,36-,37-,38-,39-,40-,41-,42-,43-,44-,45-,46-,47-,48-/m1/s1. The molecule has 0 spiro atoms. The van der Waals surface area contributed by atoms with Crippen molar-refractivity contribution in [2.24, 2.45) is 0 Å². The van der Waals surface area contributed by atoms with E-state index < -0.39 is 276 Å². The number of ether oxygens (including phenoxy) is 14. The van der Waals surface area contributed by atoms with Gasteiger partial charge in [-0.1, -0.05) is 0 Å². The van der Waals surface area contributed by atoms with E-state index in [0.717, 1.165) is 3.61 Å². The van der Waals surface area contributed by atoms with Crippen molar-refractivity contribution in [1.29, 1.82) is 0 Å². The SMILES string of the molecule is OC[C@H]1O[C@@H]2O[C@H]3[C@H](O)[C@@H](O)[C@@H](O[C@H]4[C@H](O)[C@@H](O)[C@@H](O[C@H]5[C@H](O)[C@@H](O)[C@@H](O[C@H]6[C@H](O)[C@@H](O)[C@@H](O[C@H]7[C@H](O)[C@@H](O)[C@@H](O[C@H]8[C@H](O)[C@@H](O)[C@@H](O[C@H]1[C@H](O)[C@H]2O)O[C@@H]8CO)O[C@@H]7CO)O[C@@H]6CO)O[C@@H]5C[Te]c1ccccc1)O[C@@H]4CO)O[C@@H]3CO. The fourth-order valence-corrected chi connectivity index (χ4v) is 13.9. The zero-order valence-electron chi connectivity index (χ0n) is 43.6. The van der Waals surface area contributed by atoms with Crippen LogP contribution < -0.4 is 3.61 Å². The van der Waals surface area contributed by atoms with Crippen LogP contribution in [0.5, 0.6) is 0 Å². The summed E-state index contributed by atoms with van der Waals surface area (Å²) in [6, 6.07) is 8.95. The summed E-state index contributed by atoms with van der Waals surface area (Å²) in [6.07, 6.45) is -68.5. The molecule has 0 saturated carbocycles. The van der Waals surface area contributed by atoms with Crippen molar-refractivity contribution in [3.63, 3.8) is 0 Å². The quantitative estimate of drug-likeness (QED) is 0.102. The molecule has 0 unspecified atom stereocenters. The van der Waals surface area contributed by atoms with E-state index in [-0.39, 0.29) is 4.47 Å². The van der Waals surface area contributed by atoms with Gasteiger partial charge in [-0.2, -0.15) is 0 Å². The summed E-state index contributed by atoms with van der Waals surface area (Å²) in [4.78, 5) is 0. The third-order valence-electron chi connectivity index (χ3n) is 15.8. The van der Waals surface area contributed by atoms with E-state index in [1.54, 1.807) is 18.2 Å². The molecule has 35 atom stereocenters. The van der Waals surface area contributed by atoms with Gasteiger partial charge in [0.15, 0.2) is 18.9 Å². The molecule has 21 heterocycles. The van der Waals surface area contributed by atoms with Crippen LogP contribution in [0.1, 0.15) is 0 Å². The molecule has 0 aromatic heterocycles. The molecule has 35 heteroatoms. The van der Waals surface area contributed by atoms with Gasteiger partial charge in [0, 0.05) is 0 Å². The van der Waals surface area contributed by atoms with E-state index in [1.165, 1.54) is 0 Å². The van der Waals surface area contributed by atoms with Crippen molar-refractivity contribution < 1.29 is 168 Å². The van der Waals surface area contributed by atoms with Crippen molar-refractivity contribution in [3.8, 4) is 0 Å². The maximum atomic E-state index is 11.8. The van der Waals surface area contributed by atoms with Crippen molar-refractivity contribution in [3.05, 3.63) is 30.3 Å². The van der Waals surface area contributed by atoms with Gasteiger partial charge in [0.2, 0.25) is 0 Å². The predicted molar refractivity (Wildman–Crippen MR) is 258 cm³/mol. The summed E-state index contributed by atoms with van der Waals surface area (Å²) in [5, 5.41) is 223. The third kappa shape index (κ3) is 13.6. The van der Waals surface area contributed by atoms with E-state index in [9.17, 15) is 102 Å². The Morgan fingerprint density at radius 2 is 0.422 bits per heavy atom. The van der Waals surface area contributed by atoms with Crippen LogP contribution in [0.3, 0.4) is 0 Å². The van der Waals surface area contributed by atoms with Gasteiger partial charge < -0.3 is 84.6 Å². The maximum absolute atomic E-state index is 11.8. The van der Waals surface area contributed by atoms with Gasteiger partial charge in [-0.05, 0) is 0 Å². The molecule has 22 rings (SSSR count). The first-order valence-electron chi connectivity index (χ1n) is 26.7. The number of hydrogen-bond acceptors (Lipinski definition) is 34. The van der Waals surface area contributed by atoms with E-state index in [4.69, 9.17) is 66.3 Å². The molecule has 0 amide bonds. The summed E-state index contributed by atoms with van der Waals surface area (Å²) in [6.45, 7) is -6.15. The molecule has 14 bridgehead atoms. The predicted octanol–water partition coefficient (Wildman–Crippen LogP) is -13.8. The van der Waals surface area contributed by atoms with Crippen LogP contribution in [0, 0.1) is 0 Å². The Morgan fingerprint density at radius 1 is 0.241 bits per heavy atom. The van der Waals surface area contributed by atoms with Crippen LogP contribution in [0.2, 0.25) is 4.47 Å². The molecule has 21 fully saturated rings. The third-order valence-corrected chi connectivity index (χ3v) is 18.9. The minimum atomic E-state index is -2.20. The molecule has 20 N–H and O–H groups in total. The van der Waals surface area contributed by atoms with Crippen LogP contribution in [-0.2, 0) is 66.3 Å². The molecule has 476 valence electrons. The van der Waals surface area contributed by atoms with Crippen LogP contribution in [0.4, 0.5) is 0 Å².